The molecule has 1 aromatic carbocycles. The molecule has 2 atom stereocenters. The van der Waals surface area contributed by atoms with E-state index < -0.39 is 40.5 Å². The number of ether oxygens (including phenoxy) is 3. The molecule has 0 spiro atoms. The van der Waals surface area contributed by atoms with Gasteiger partial charge in [0, 0.05) is 13.1 Å². The lowest BCUT2D eigenvalue weighted by Crippen LogP contribution is -2.44. The van der Waals surface area contributed by atoms with Crippen LogP contribution in [0.5, 0.6) is 11.5 Å². The van der Waals surface area contributed by atoms with Crippen LogP contribution in [-0.4, -0.2) is 69.6 Å². The normalized spacial score (nSPS) is 19.0. The van der Waals surface area contributed by atoms with Crippen molar-refractivity contribution in [3.63, 3.8) is 0 Å². The van der Waals surface area contributed by atoms with E-state index in [0.29, 0.717) is 17.9 Å². The predicted octanol–water partition coefficient (Wildman–Crippen LogP) is 1.68. The Hall–Kier alpha value is -2.55. The molecule has 0 unspecified atom stereocenters. The van der Waals surface area contributed by atoms with Crippen molar-refractivity contribution < 1.29 is 32.2 Å². The van der Waals surface area contributed by atoms with Crippen LogP contribution in [0.2, 0.25) is 0 Å². The van der Waals surface area contributed by atoms with Crippen molar-refractivity contribution in [1.29, 1.82) is 0 Å². The molecule has 0 aromatic heterocycles. The summed E-state index contributed by atoms with van der Waals surface area (Å²) in [5.74, 6) is -0.315. The maximum Gasteiger partial charge on any atom is 0.344 e. The molecule has 0 saturated carbocycles. The number of rotatable bonds is 8. The topological polar surface area (TPSA) is 99.2 Å². The summed E-state index contributed by atoms with van der Waals surface area (Å²) >= 11 is 0. The Kier molecular flexibility index (Phi) is 7.66. The van der Waals surface area contributed by atoms with Gasteiger partial charge in [0.05, 0.1) is 18.6 Å². The number of allylic oxidation sites excluding steroid dienone is 1. The number of benzene rings is 1. The van der Waals surface area contributed by atoms with Gasteiger partial charge in [-0.3, -0.25) is 4.79 Å². The number of hydrogen-bond acceptors (Lipinski definition) is 7. The van der Waals surface area contributed by atoms with Gasteiger partial charge in [-0.15, -0.1) is 0 Å². The number of methoxy groups -OCH3 is 1. The van der Waals surface area contributed by atoms with Gasteiger partial charge in [-0.05, 0) is 38.0 Å². The zero-order chi connectivity index (χ0) is 21.6. The number of carbonyl (C=O) groups is 2. The third kappa shape index (κ3) is 6.22. The van der Waals surface area contributed by atoms with Crippen LogP contribution < -0.4 is 9.47 Å². The molecule has 0 N–H and O–H groups in total. The highest BCUT2D eigenvalue weighted by Crippen LogP contribution is 2.28. The molecule has 1 aliphatic heterocycles. The van der Waals surface area contributed by atoms with Crippen molar-refractivity contribution >= 4 is 27.8 Å². The number of carbonyl (C=O) groups excluding carboxylic acids is 2. The maximum absolute atomic E-state index is 12.4. The Morgan fingerprint density at radius 3 is 2.62 bits per heavy atom. The van der Waals surface area contributed by atoms with Crippen LogP contribution in [0.15, 0.2) is 24.3 Å². The second-order valence-electron chi connectivity index (χ2n) is 6.84. The van der Waals surface area contributed by atoms with E-state index in [1.54, 1.807) is 12.1 Å². The molecule has 1 amide bonds. The van der Waals surface area contributed by atoms with Crippen molar-refractivity contribution in [3.8, 4) is 11.5 Å². The van der Waals surface area contributed by atoms with Crippen LogP contribution in [-0.2, 0) is 24.2 Å². The van der Waals surface area contributed by atoms with Gasteiger partial charge in [0.25, 0.3) is 5.91 Å². The first-order valence-corrected chi connectivity index (χ1v) is 11.1. The average molecular weight is 426 g/mol. The summed E-state index contributed by atoms with van der Waals surface area (Å²) in [5.41, 5.74) is 0.926. The van der Waals surface area contributed by atoms with Gasteiger partial charge in [-0.1, -0.05) is 18.2 Å². The SMILES string of the molecule is C/C=C/c1ccc(OCC(=O)O[C@@H](C)C(=O)N(C)[C@@H]2CCS(=O)(=O)C2)c(OC)c1. The van der Waals surface area contributed by atoms with Gasteiger partial charge in [-0.2, -0.15) is 0 Å². The highest BCUT2D eigenvalue weighted by atomic mass is 32.2. The first-order chi connectivity index (χ1) is 13.7. The van der Waals surface area contributed by atoms with E-state index in [0.717, 1.165) is 5.56 Å². The molecule has 1 aliphatic rings. The molecule has 1 saturated heterocycles. The molecule has 2 rings (SSSR count). The van der Waals surface area contributed by atoms with Crippen LogP contribution in [0.3, 0.4) is 0 Å². The third-order valence-electron chi connectivity index (χ3n) is 4.65. The molecule has 1 aromatic rings. The van der Waals surface area contributed by atoms with Crippen molar-refractivity contribution in [2.24, 2.45) is 0 Å². The maximum atomic E-state index is 12.4. The van der Waals surface area contributed by atoms with Gasteiger partial charge in [-0.25, -0.2) is 13.2 Å². The molecule has 0 aliphatic carbocycles. The van der Waals surface area contributed by atoms with Crippen molar-refractivity contribution in [2.45, 2.75) is 32.4 Å². The molecule has 1 heterocycles. The monoisotopic (exact) mass is 425 g/mol. The summed E-state index contributed by atoms with van der Waals surface area (Å²) in [5, 5.41) is 0. The van der Waals surface area contributed by atoms with Crippen LogP contribution in [0, 0.1) is 0 Å². The van der Waals surface area contributed by atoms with Crippen LogP contribution >= 0.6 is 0 Å². The standard InChI is InChI=1S/C20H27NO7S/c1-5-6-15-7-8-17(18(11-15)26-4)27-12-19(22)28-14(2)20(23)21(3)16-9-10-29(24,25)13-16/h5-8,11,14,16H,9-10,12-13H2,1-4H3/b6-5+/t14-,16+/m0/s1. The lowest BCUT2D eigenvalue weighted by Gasteiger charge is -2.26. The van der Waals surface area contributed by atoms with Crippen molar-refractivity contribution in [1.82, 2.24) is 4.90 Å². The Bertz CT molecular complexity index is 879. The number of amides is 1. The fourth-order valence-electron chi connectivity index (χ4n) is 3.07. The number of hydrogen-bond donors (Lipinski definition) is 0. The van der Waals surface area contributed by atoms with Gasteiger partial charge >= 0.3 is 5.97 Å². The smallest absolute Gasteiger partial charge is 0.344 e. The molecule has 8 nitrogen and oxygen atoms in total. The zero-order valence-electron chi connectivity index (χ0n) is 17.1. The molecular weight excluding hydrogens is 398 g/mol. The van der Waals surface area contributed by atoms with Crippen molar-refractivity contribution in [2.75, 3.05) is 32.3 Å². The van der Waals surface area contributed by atoms with E-state index in [4.69, 9.17) is 14.2 Å². The van der Waals surface area contributed by atoms with Gasteiger partial charge in [0.1, 0.15) is 0 Å². The quantitative estimate of drug-likeness (QED) is 0.584. The highest BCUT2D eigenvalue weighted by molar-refractivity contribution is 7.91. The van der Waals surface area contributed by atoms with Gasteiger partial charge < -0.3 is 19.1 Å². The summed E-state index contributed by atoms with van der Waals surface area (Å²) < 4.78 is 39.1. The number of esters is 1. The molecule has 1 fully saturated rings. The first-order valence-electron chi connectivity index (χ1n) is 9.27. The number of nitrogens with zero attached hydrogens (tertiary/aromatic N) is 1. The fraction of sp³-hybridized carbons (Fsp3) is 0.500. The van der Waals surface area contributed by atoms with Gasteiger partial charge in [0.15, 0.2) is 34.0 Å². The summed E-state index contributed by atoms with van der Waals surface area (Å²) in [6.07, 6.45) is 3.14. The zero-order valence-corrected chi connectivity index (χ0v) is 17.9. The Morgan fingerprint density at radius 1 is 1.31 bits per heavy atom. The average Bonchev–Trinajstić information content (AvgIpc) is 3.05. The molecule has 29 heavy (non-hydrogen) atoms. The molecule has 9 heteroatoms. The van der Waals surface area contributed by atoms with Crippen LogP contribution in [0.25, 0.3) is 6.08 Å². The number of sulfone groups is 1. The highest BCUT2D eigenvalue weighted by Gasteiger charge is 2.34. The van der Waals surface area contributed by atoms with E-state index in [1.165, 1.54) is 26.0 Å². The largest absolute Gasteiger partial charge is 0.493 e. The van der Waals surface area contributed by atoms with E-state index in [1.807, 2.05) is 25.1 Å². The van der Waals surface area contributed by atoms with E-state index >= 15 is 0 Å². The van der Waals surface area contributed by atoms with Crippen LogP contribution in [0.1, 0.15) is 25.8 Å². The number of likely N-dealkylation sites (N-methyl/N-ethyl adjacent to an activating group) is 1. The third-order valence-corrected chi connectivity index (χ3v) is 6.40. The Balaban J connectivity index is 1.89. The second-order valence-corrected chi connectivity index (χ2v) is 9.07. The predicted molar refractivity (Wildman–Crippen MR) is 109 cm³/mol. The van der Waals surface area contributed by atoms with E-state index in [2.05, 4.69) is 0 Å². The lowest BCUT2D eigenvalue weighted by molar-refractivity contribution is -0.160. The second kappa shape index (κ2) is 9.78. The Labute approximate surface area is 171 Å². The summed E-state index contributed by atoms with van der Waals surface area (Å²) in [4.78, 5) is 25.9. The molecular formula is C20H27NO7S. The fourth-order valence-corrected chi connectivity index (χ4v) is 4.84. The van der Waals surface area contributed by atoms with E-state index in [-0.39, 0.29) is 11.5 Å². The Morgan fingerprint density at radius 2 is 2.03 bits per heavy atom. The van der Waals surface area contributed by atoms with E-state index in [9.17, 15) is 18.0 Å². The molecule has 0 bridgehead atoms. The summed E-state index contributed by atoms with van der Waals surface area (Å²) in [7, 11) is -0.0938. The lowest BCUT2D eigenvalue weighted by atomic mass is 10.2. The molecule has 0 radical (unpaired) electrons. The minimum absolute atomic E-state index is 0.0615. The van der Waals surface area contributed by atoms with Gasteiger partial charge in [0.2, 0.25) is 0 Å². The summed E-state index contributed by atoms with van der Waals surface area (Å²) in [6, 6.07) is 4.88. The van der Waals surface area contributed by atoms with Crippen LogP contribution in [0.4, 0.5) is 0 Å². The summed E-state index contributed by atoms with van der Waals surface area (Å²) in [6.45, 7) is 2.96. The minimum Gasteiger partial charge on any atom is -0.493 e. The minimum atomic E-state index is -3.11. The first kappa shape index (κ1) is 22.7. The molecule has 160 valence electrons. The van der Waals surface area contributed by atoms with Crippen molar-refractivity contribution in [3.05, 3.63) is 29.8 Å².